The van der Waals surface area contributed by atoms with Crippen molar-refractivity contribution < 1.29 is 9.53 Å². The SMILES string of the molecule is CN1CCOC(CNC(=O)c2cc(Cl)nc(Cl)c2)C1. The molecule has 19 heavy (non-hydrogen) atoms. The third-order valence-corrected chi connectivity index (χ3v) is 3.24. The first-order valence-corrected chi connectivity index (χ1v) is 6.71. The van der Waals surface area contributed by atoms with Crippen LogP contribution in [-0.4, -0.2) is 55.2 Å². The van der Waals surface area contributed by atoms with Crippen LogP contribution in [-0.2, 0) is 4.74 Å². The molecule has 0 radical (unpaired) electrons. The predicted molar refractivity (Wildman–Crippen MR) is 73.8 cm³/mol. The molecule has 0 aliphatic carbocycles. The van der Waals surface area contributed by atoms with Crippen molar-refractivity contribution in [3.63, 3.8) is 0 Å². The molecule has 0 spiro atoms. The second-order valence-corrected chi connectivity index (χ2v) is 5.24. The summed E-state index contributed by atoms with van der Waals surface area (Å²) in [4.78, 5) is 17.9. The van der Waals surface area contributed by atoms with Crippen molar-refractivity contribution in [2.24, 2.45) is 0 Å². The summed E-state index contributed by atoms with van der Waals surface area (Å²) in [5, 5.41) is 3.21. The van der Waals surface area contributed by atoms with Gasteiger partial charge in [-0.1, -0.05) is 23.2 Å². The number of hydrogen-bond acceptors (Lipinski definition) is 4. The number of morpholine rings is 1. The number of pyridine rings is 1. The number of rotatable bonds is 3. The van der Waals surface area contributed by atoms with Gasteiger partial charge in [0.15, 0.2) is 0 Å². The van der Waals surface area contributed by atoms with Crippen LogP contribution in [0.4, 0.5) is 0 Å². The Hall–Kier alpha value is -0.880. The summed E-state index contributed by atoms with van der Waals surface area (Å²) in [6.45, 7) is 2.86. The third kappa shape index (κ3) is 4.31. The molecule has 1 atom stereocenters. The van der Waals surface area contributed by atoms with Crippen molar-refractivity contribution in [3.05, 3.63) is 28.0 Å². The van der Waals surface area contributed by atoms with Gasteiger partial charge in [-0.2, -0.15) is 0 Å². The molecule has 1 amide bonds. The number of amides is 1. The van der Waals surface area contributed by atoms with Crippen LogP contribution < -0.4 is 5.32 Å². The first-order chi connectivity index (χ1) is 9.04. The maximum Gasteiger partial charge on any atom is 0.251 e. The average Bonchev–Trinajstić information content (AvgIpc) is 2.35. The van der Waals surface area contributed by atoms with E-state index in [1.165, 1.54) is 12.1 Å². The Labute approximate surface area is 121 Å². The summed E-state index contributed by atoms with van der Waals surface area (Å²) in [5.74, 6) is -0.233. The molecule has 1 N–H and O–H groups in total. The van der Waals surface area contributed by atoms with E-state index in [9.17, 15) is 4.79 Å². The van der Waals surface area contributed by atoms with Crippen molar-refractivity contribution in [1.82, 2.24) is 15.2 Å². The van der Waals surface area contributed by atoms with Gasteiger partial charge >= 0.3 is 0 Å². The molecule has 1 aliphatic heterocycles. The maximum atomic E-state index is 11.9. The molecule has 1 unspecified atom stereocenters. The van der Waals surface area contributed by atoms with Crippen LogP contribution >= 0.6 is 23.2 Å². The molecular weight excluding hydrogens is 289 g/mol. The molecule has 1 saturated heterocycles. The molecule has 1 aromatic rings. The van der Waals surface area contributed by atoms with E-state index in [2.05, 4.69) is 15.2 Å². The van der Waals surface area contributed by atoms with Crippen LogP contribution in [0.15, 0.2) is 12.1 Å². The normalized spacial score (nSPS) is 20.3. The van der Waals surface area contributed by atoms with E-state index >= 15 is 0 Å². The minimum absolute atomic E-state index is 0.00970. The molecule has 0 saturated carbocycles. The molecule has 1 aromatic heterocycles. The highest BCUT2D eigenvalue weighted by Crippen LogP contribution is 2.14. The van der Waals surface area contributed by atoms with Gasteiger partial charge < -0.3 is 15.0 Å². The summed E-state index contributed by atoms with van der Waals surface area (Å²) in [5.41, 5.74) is 0.397. The van der Waals surface area contributed by atoms with Gasteiger partial charge in [-0.3, -0.25) is 4.79 Å². The average molecular weight is 304 g/mol. The van der Waals surface area contributed by atoms with Crippen LogP contribution in [0.5, 0.6) is 0 Å². The van der Waals surface area contributed by atoms with Gasteiger partial charge in [-0.25, -0.2) is 4.98 Å². The van der Waals surface area contributed by atoms with Crippen LogP contribution in [0.3, 0.4) is 0 Å². The molecule has 7 heteroatoms. The standard InChI is InChI=1S/C12H15Cl2N3O2/c1-17-2-3-19-9(7-17)6-15-12(18)8-4-10(13)16-11(14)5-8/h4-5,9H,2-3,6-7H2,1H3,(H,15,18). The van der Waals surface area contributed by atoms with Crippen LogP contribution in [0.25, 0.3) is 0 Å². The van der Waals surface area contributed by atoms with Gasteiger partial charge in [-0.15, -0.1) is 0 Å². The first kappa shape index (κ1) is 14.5. The molecule has 5 nitrogen and oxygen atoms in total. The predicted octanol–water partition coefficient (Wildman–Crippen LogP) is 1.45. The quantitative estimate of drug-likeness (QED) is 0.859. The first-order valence-electron chi connectivity index (χ1n) is 5.96. The molecule has 2 heterocycles. The Bertz CT molecular complexity index is 450. The summed E-state index contributed by atoms with van der Waals surface area (Å²) in [7, 11) is 2.03. The fourth-order valence-corrected chi connectivity index (χ4v) is 2.36. The Balaban J connectivity index is 1.90. The van der Waals surface area contributed by atoms with Crippen molar-refractivity contribution in [1.29, 1.82) is 0 Å². The second kappa shape index (κ2) is 6.52. The summed E-state index contributed by atoms with van der Waals surface area (Å²) in [6, 6.07) is 2.97. The highest BCUT2D eigenvalue weighted by molar-refractivity contribution is 6.33. The second-order valence-electron chi connectivity index (χ2n) is 4.47. The number of aromatic nitrogens is 1. The van der Waals surface area contributed by atoms with Gasteiger partial charge in [0.1, 0.15) is 10.3 Å². The number of likely N-dealkylation sites (N-methyl/N-ethyl adjacent to an activating group) is 1. The molecule has 104 valence electrons. The van der Waals surface area contributed by atoms with Gasteiger partial charge in [0.25, 0.3) is 5.91 Å². The van der Waals surface area contributed by atoms with E-state index in [1.54, 1.807) is 0 Å². The Morgan fingerprint density at radius 1 is 1.53 bits per heavy atom. The van der Waals surface area contributed by atoms with E-state index in [1.807, 2.05) is 7.05 Å². The van der Waals surface area contributed by atoms with E-state index in [-0.39, 0.29) is 22.3 Å². The molecular formula is C12H15Cl2N3O2. The summed E-state index contributed by atoms with van der Waals surface area (Å²) in [6.07, 6.45) is 0.00970. The lowest BCUT2D eigenvalue weighted by molar-refractivity contribution is -0.0175. The third-order valence-electron chi connectivity index (χ3n) is 2.86. The zero-order valence-electron chi connectivity index (χ0n) is 10.5. The number of ether oxygens (including phenoxy) is 1. The lowest BCUT2D eigenvalue weighted by Gasteiger charge is -2.30. The molecule has 2 rings (SSSR count). The zero-order valence-corrected chi connectivity index (χ0v) is 12.0. The number of hydrogen-bond donors (Lipinski definition) is 1. The fourth-order valence-electron chi connectivity index (χ4n) is 1.89. The monoisotopic (exact) mass is 303 g/mol. The molecule has 1 aliphatic rings. The highest BCUT2D eigenvalue weighted by atomic mass is 35.5. The van der Waals surface area contributed by atoms with Crippen LogP contribution in [0.2, 0.25) is 10.3 Å². The zero-order chi connectivity index (χ0) is 13.8. The largest absolute Gasteiger partial charge is 0.374 e. The number of nitrogens with zero attached hydrogens (tertiary/aromatic N) is 2. The number of nitrogens with one attached hydrogen (secondary N) is 1. The maximum absolute atomic E-state index is 11.9. The Morgan fingerprint density at radius 2 is 2.21 bits per heavy atom. The number of halogens is 2. The van der Waals surface area contributed by atoms with Crippen molar-refractivity contribution in [3.8, 4) is 0 Å². The van der Waals surface area contributed by atoms with Gasteiger partial charge in [0.2, 0.25) is 0 Å². The van der Waals surface area contributed by atoms with Crippen LogP contribution in [0, 0.1) is 0 Å². The summed E-state index contributed by atoms with van der Waals surface area (Å²) < 4.78 is 5.56. The highest BCUT2D eigenvalue weighted by Gasteiger charge is 2.18. The Morgan fingerprint density at radius 3 is 2.84 bits per heavy atom. The minimum atomic E-state index is -0.233. The lowest BCUT2D eigenvalue weighted by Crippen LogP contribution is -2.45. The minimum Gasteiger partial charge on any atom is -0.374 e. The van der Waals surface area contributed by atoms with Crippen molar-refractivity contribution in [2.45, 2.75) is 6.10 Å². The smallest absolute Gasteiger partial charge is 0.251 e. The van der Waals surface area contributed by atoms with E-state index in [0.717, 1.165) is 13.1 Å². The lowest BCUT2D eigenvalue weighted by atomic mass is 10.2. The Kier molecular flexibility index (Phi) is 4.99. The summed E-state index contributed by atoms with van der Waals surface area (Å²) >= 11 is 11.5. The van der Waals surface area contributed by atoms with Gasteiger partial charge in [-0.05, 0) is 19.2 Å². The molecule has 0 aromatic carbocycles. The van der Waals surface area contributed by atoms with E-state index in [4.69, 9.17) is 27.9 Å². The number of carbonyl (C=O) groups excluding carboxylic acids is 1. The van der Waals surface area contributed by atoms with Gasteiger partial charge in [0, 0.05) is 25.2 Å². The topological polar surface area (TPSA) is 54.5 Å². The van der Waals surface area contributed by atoms with E-state index in [0.29, 0.717) is 18.7 Å². The van der Waals surface area contributed by atoms with Crippen molar-refractivity contribution >= 4 is 29.1 Å². The molecule has 1 fully saturated rings. The van der Waals surface area contributed by atoms with Crippen LogP contribution in [0.1, 0.15) is 10.4 Å². The van der Waals surface area contributed by atoms with Gasteiger partial charge in [0.05, 0.1) is 12.7 Å². The van der Waals surface area contributed by atoms with E-state index < -0.39 is 0 Å². The number of carbonyl (C=O) groups is 1. The van der Waals surface area contributed by atoms with Crippen molar-refractivity contribution in [2.75, 3.05) is 33.3 Å². The molecule has 0 bridgehead atoms. The fraction of sp³-hybridized carbons (Fsp3) is 0.500.